The zero-order valence-corrected chi connectivity index (χ0v) is 12.9. The third-order valence-electron chi connectivity index (χ3n) is 3.82. The molecule has 0 aliphatic rings. The lowest BCUT2D eigenvalue weighted by Crippen LogP contribution is -2.46. The van der Waals surface area contributed by atoms with Crippen LogP contribution >= 0.6 is 0 Å². The summed E-state index contributed by atoms with van der Waals surface area (Å²) in [5.74, 6) is -0.810. The summed E-state index contributed by atoms with van der Waals surface area (Å²) in [5, 5.41) is 14.4. The van der Waals surface area contributed by atoms with Crippen LogP contribution in [-0.4, -0.2) is 22.6 Å². The molecule has 5 nitrogen and oxygen atoms in total. The Morgan fingerprint density at radius 1 is 1.14 bits per heavy atom. The van der Waals surface area contributed by atoms with Crippen LogP contribution in [0.1, 0.15) is 45.6 Å². The molecule has 2 amide bonds. The molecule has 0 atom stereocenters. The number of urea groups is 1. The smallest absolute Gasteiger partial charge is 0.319 e. The molecule has 0 fully saturated rings. The number of aryl methyl sites for hydroxylation is 1. The summed E-state index contributed by atoms with van der Waals surface area (Å²) < 4.78 is 0. The maximum atomic E-state index is 11.9. The molecule has 0 aliphatic heterocycles. The zero-order valence-electron chi connectivity index (χ0n) is 12.9. The Morgan fingerprint density at radius 2 is 1.71 bits per heavy atom. The van der Waals surface area contributed by atoms with E-state index in [0.29, 0.717) is 12.1 Å². The van der Waals surface area contributed by atoms with Crippen molar-refractivity contribution in [2.24, 2.45) is 0 Å². The number of aliphatic carboxylic acids is 1. The van der Waals surface area contributed by atoms with E-state index in [-0.39, 0.29) is 18.0 Å². The number of carboxylic acid groups (broad SMARTS) is 1. The van der Waals surface area contributed by atoms with Crippen molar-refractivity contribution in [3.63, 3.8) is 0 Å². The molecule has 0 aromatic heterocycles. The molecule has 0 spiro atoms. The molecule has 0 aliphatic carbocycles. The molecule has 1 aromatic rings. The van der Waals surface area contributed by atoms with E-state index in [4.69, 9.17) is 5.11 Å². The van der Waals surface area contributed by atoms with Crippen LogP contribution in [0.4, 0.5) is 10.5 Å². The molecule has 1 aromatic carbocycles. The van der Waals surface area contributed by atoms with Gasteiger partial charge >= 0.3 is 12.0 Å². The number of carbonyl (C=O) groups excluding carboxylic acids is 1. The van der Waals surface area contributed by atoms with Crippen LogP contribution in [0.25, 0.3) is 0 Å². The van der Waals surface area contributed by atoms with Crippen LogP contribution in [0.15, 0.2) is 24.3 Å². The minimum absolute atomic E-state index is 0.110. The van der Waals surface area contributed by atoms with Gasteiger partial charge in [0.1, 0.15) is 0 Å². The van der Waals surface area contributed by atoms with Crippen molar-refractivity contribution >= 4 is 17.7 Å². The minimum Gasteiger partial charge on any atom is -0.481 e. The number of hydrogen-bond donors (Lipinski definition) is 3. The fraction of sp³-hybridized carbons (Fsp3) is 0.500. The number of anilines is 1. The van der Waals surface area contributed by atoms with Crippen LogP contribution < -0.4 is 10.6 Å². The van der Waals surface area contributed by atoms with E-state index in [2.05, 4.69) is 10.6 Å². The third kappa shape index (κ3) is 5.85. The fourth-order valence-corrected chi connectivity index (χ4v) is 1.87. The van der Waals surface area contributed by atoms with E-state index in [1.807, 2.05) is 32.9 Å². The Balaban J connectivity index is 2.55. The van der Waals surface area contributed by atoms with E-state index in [0.717, 1.165) is 18.4 Å². The fourth-order valence-electron chi connectivity index (χ4n) is 1.87. The Bertz CT molecular complexity index is 479. The Hall–Kier alpha value is -2.04. The van der Waals surface area contributed by atoms with E-state index in [1.54, 1.807) is 12.1 Å². The highest BCUT2D eigenvalue weighted by Gasteiger charge is 2.21. The number of hydrogen-bond acceptors (Lipinski definition) is 2. The Labute approximate surface area is 125 Å². The zero-order chi connectivity index (χ0) is 15.9. The highest BCUT2D eigenvalue weighted by atomic mass is 16.4. The number of benzene rings is 1. The summed E-state index contributed by atoms with van der Waals surface area (Å²) in [6.45, 7) is 6.10. The van der Waals surface area contributed by atoms with Crippen LogP contribution in [0.2, 0.25) is 0 Å². The lowest BCUT2D eigenvalue weighted by atomic mass is 9.96. The maximum absolute atomic E-state index is 11.9. The van der Waals surface area contributed by atoms with Gasteiger partial charge in [0.15, 0.2) is 0 Å². The molecule has 5 heteroatoms. The van der Waals surface area contributed by atoms with Gasteiger partial charge in [0.2, 0.25) is 0 Å². The van der Waals surface area contributed by atoms with Gasteiger partial charge < -0.3 is 15.7 Å². The molecule has 1 rings (SSSR count). The average molecular weight is 292 g/mol. The summed E-state index contributed by atoms with van der Waals surface area (Å²) in [7, 11) is 0. The summed E-state index contributed by atoms with van der Waals surface area (Å²) in [4.78, 5) is 22.5. The first-order valence-electron chi connectivity index (χ1n) is 7.28. The van der Waals surface area contributed by atoms with Gasteiger partial charge in [-0.3, -0.25) is 4.79 Å². The molecule has 116 valence electrons. The lowest BCUT2D eigenvalue weighted by molar-refractivity contribution is -0.136. The van der Waals surface area contributed by atoms with E-state index >= 15 is 0 Å². The number of carboxylic acids is 1. The first-order chi connectivity index (χ1) is 9.88. The number of carbonyl (C=O) groups is 2. The molecular weight excluding hydrogens is 268 g/mol. The molecule has 0 saturated carbocycles. The van der Waals surface area contributed by atoms with Gasteiger partial charge in [-0.25, -0.2) is 4.79 Å². The standard InChI is InChI=1S/C16H24N2O3/c1-4-16(3,5-2)18-15(21)17-13-9-6-12(7-10-13)8-11-14(19)20/h6-7,9-10H,4-5,8,11H2,1-3H3,(H,19,20)(H2,17,18,21). The average Bonchev–Trinajstić information content (AvgIpc) is 2.46. The van der Waals surface area contributed by atoms with E-state index in [1.165, 1.54) is 0 Å². The quantitative estimate of drug-likeness (QED) is 0.720. The SMILES string of the molecule is CCC(C)(CC)NC(=O)Nc1ccc(CCC(=O)O)cc1. The molecular formula is C16H24N2O3. The van der Waals surface area contributed by atoms with E-state index in [9.17, 15) is 9.59 Å². The van der Waals surface area contributed by atoms with Gasteiger partial charge in [-0.05, 0) is 43.9 Å². The van der Waals surface area contributed by atoms with Gasteiger partial charge in [-0.15, -0.1) is 0 Å². The van der Waals surface area contributed by atoms with Crippen molar-refractivity contribution in [2.75, 3.05) is 5.32 Å². The van der Waals surface area contributed by atoms with Crippen LogP contribution in [0, 0.1) is 0 Å². The third-order valence-corrected chi connectivity index (χ3v) is 3.82. The topological polar surface area (TPSA) is 78.4 Å². The molecule has 21 heavy (non-hydrogen) atoms. The van der Waals surface area contributed by atoms with Crippen molar-refractivity contribution in [3.05, 3.63) is 29.8 Å². The first kappa shape index (κ1) is 17.0. The van der Waals surface area contributed by atoms with Gasteiger partial charge in [0.05, 0.1) is 0 Å². The summed E-state index contributed by atoms with van der Waals surface area (Å²) in [5.41, 5.74) is 1.43. The van der Waals surface area contributed by atoms with Gasteiger partial charge in [0, 0.05) is 17.6 Å². The van der Waals surface area contributed by atoms with Gasteiger partial charge in [-0.2, -0.15) is 0 Å². The van der Waals surface area contributed by atoms with Crippen molar-refractivity contribution in [1.29, 1.82) is 0 Å². The number of rotatable bonds is 7. The summed E-state index contributed by atoms with van der Waals surface area (Å²) >= 11 is 0. The van der Waals surface area contributed by atoms with Crippen LogP contribution in [-0.2, 0) is 11.2 Å². The second kappa shape index (κ2) is 7.67. The molecule has 3 N–H and O–H groups in total. The number of nitrogens with one attached hydrogen (secondary N) is 2. The summed E-state index contributed by atoms with van der Waals surface area (Å²) in [6, 6.07) is 7.01. The second-order valence-electron chi connectivity index (χ2n) is 5.44. The van der Waals surface area contributed by atoms with Crippen LogP contribution in [0.5, 0.6) is 0 Å². The molecule has 0 heterocycles. The summed E-state index contributed by atoms with van der Waals surface area (Å²) in [6.07, 6.45) is 2.33. The van der Waals surface area contributed by atoms with Crippen molar-refractivity contribution in [3.8, 4) is 0 Å². The van der Waals surface area contributed by atoms with Gasteiger partial charge in [-0.1, -0.05) is 26.0 Å². The predicted octanol–water partition coefficient (Wildman–Crippen LogP) is 3.40. The highest BCUT2D eigenvalue weighted by Crippen LogP contribution is 2.15. The first-order valence-corrected chi connectivity index (χ1v) is 7.28. The number of amides is 2. The molecule has 0 saturated heterocycles. The monoisotopic (exact) mass is 292 g/mol. The lowest BCUT2D eigenvalue weighted by Gasteiger charge is -2.28. The van der Waals surface area contributed by atoms with E-state index < -0.39 is 5.97 Å². The van der Waals surface area contributed by atoms with Crippen LogP contribution in [0.3, 0.4) is 0 Å². The normalized spacial score (nSPS) is 11.0. The molecule has 0 unspecified atom stereocenters. The highest BCUT2D eigenvalue weighted by molar-refractivity contribution is 5.89. The van der Waals surface area contributed by atoms with Crippen molar-refractivity contribution in [2.45, 2.75) is 52.0 Å². The predicted molar refractivity (Wildman–Crippen MR) is 83.5 cm³/mol. The van der Waals surface area contributed by atoms with Gasteiger partial charge in [0.25, 0.3) is 0 Å². The molecule has 0 radical (unpaired) electrons. The Kier molecular flexibility index (Phi) is 6.21. The minimum atomic E-state index is -0.810. The maximum Gasteiger partial charge on any atom is 0.319 e. The second-order valence-corrected chi connectivity index (χ2v) is 5.44. The van der Waals surface area contributed by atoms with Crippen molar-refractivity contribution in [1.82, 2.24) is 5.32 Å². The Morgan fingerprint density at radius 3 is 2.19 bits per heavy atom. The van der Waals surface area contributed by atoms with Crippen molar-refractivity contribution < 1.29 is 14.7 Å². The molecule has 0 bridgehead atoms. The largest absolute Gasteiger partial charge is 0.481 e.